The minimum absolute atomic E-state index is 0.189. The van der Waals surface area contributed by atoms with Gasteiger partial charge in [0, 0.05) is 17.5 Å². The number of thioether (sulfide) groups is 1. The second kappa shape index (κ2) is 5.90. The summed E-state index contributed by atoms with van der Waals surface area (Å²) in [4.78, 5) is 14.1. The van der Waals surface area contributed by atoms with Crippen LogP contribution in [0, 0.1) is 0 Å². The zero-order valence-corrected chi connectivity index (χ0v) is 10.2. The van der Waals surface area contributed by atoms with Crippen molar-refractivity contribution in [3.8, 4) is 0 Å². The molecule has 18 heavy (non-hydrogen) atoms. The predicted molar refractivity (Wildman–Crippen MR) is 61.4 cm³/mol. The molecule has 0 bridgehead atoms. The van der Waals surface area contributed by atoms with Crippen LogP contribution in [-0.2, 0) is 11.0 Å². The lowest BCUT2D eigenvalue weighted by Gasteiger charge is -2.06. The van der Waals surface area contributed by atoms with E-state index in [2.05, 4.69) is 4.98 Å². The van der Waals surface area contributed by atoms with E-state index in [4.69, 9.17) is 5.11 Å². The molecule has 1 rings (SSSR count). The fraction of sp³-hybridized carbons (Fsp3) is 0.273. The average molecular weight is 277 g/mol. The van der Waals surface area contributed by atoms with E-state index in [0.29, 0.717) is 10.8 Å². The highest BCUT2D eigenvalue weighted by atomic mass is 32.2. The van der Waals surface area contributed by atoms with Crippen LogP contribution in [0.3, 0.4) is 0 Å². The number of carboxylic acids is 1. The molecule has 0 saturated carbocycles. The summed E-state index contributed by atoms with van der Waals surface area (Å²) in [5.41, 5.74) is -0.612. The summed E-state index contributed by atoms with van der Waals surface area (Å²) in [6, 6.07) is 2.21. The van der Waals surface area contributed by atoms with E-state index >= 15 is 0 Å². The Balaban J connectivity index is 2.60. The number of nitrogens with zero attached hydrogens (tertiary/aromatic N) is 1. The van der Waals surface area contributed by atoms with Gasteiger partial charge in [-0.05, 0) is 19.1 Å². The Kier molecular flexibility index (Phi) is 4.77. The highest BCUT2D eigenvalue weighted by Crippen LogP contribution is 2.29. The Hall–Kier alpha value is -1.50. The molecule has 0 unspecified atom stereocenters. The minimum atomic E-state index is -4.39. The first-order valence-electron chi connectivity index (χ1n) is 4.87. The maximum absolute atomic E-state index is 12.2. The van der Waals surface area contributed by atoms with Crippen molar-refractivity contribution in [2.24, 2.45) is 0 Å². The van der Waals surface area contributed by atoms with Crippen LogP contribution in [0.1, 0.15) is 12.5 Å². The van der Waals surface area contributed by atoms with Crippen LogP contribution in [0.25, 0.3) is 0 Å². The molecule has 1 aromatic rings. The van der Waals surface area contributed by atoms with Crippen molar-refractivity contribution in [2.45, 2.75) is 18.1 Å². The molecule has 7 heteroatoms. The SMILES string of the molecule is CC(=CCSc1ccc(C(F)(F)F)cn1)C(=O)O. The summed E-state index contributed by atoms with van der Waals surface area (Å²) < 4.78 is 36.7. The molecule has 98 valence electrons. The van der Waals surface area contributed by atoms with E-state index in [-0.39, 0.29) is 5.57 Å². The molecule has 0 fully saturated rings. The van der Waals surface area contributed by atoms with Gasteiger partial charge in [0.2, 0.25) is 0 Å². The van der Waals surface area contributed by atoms with E-state index in [9.17, 15) is 18.0 Å². The molecule has 0 atom stereocenters. The number of carbonyl (C=O) groups is 1. The first-order chi connectivity index (χ1) is 8.30. The quantitative estimate of drug-likeness (QED) is 0.678. The molecule has 3 nitrogen and oxygen atoms in total. The van der Waals surface area contributed by atoms with Gasteiger partial charge in [-0.15, -0.1) is 11.8 Å². The number of alkyl halides is 3. The van der Waals surface area contributed by atoms with Crippen molar-refractivity contribution < 1.29 is 23.1 Å². The van der Waals surface area contributed by atoms with Crippen LogP contribution in [0.4, 0.5) is 13.2 Å². The van der Waals surface area contributed by atoms with Crippen LogP contribution in [0.5, 0.6) is 0 Å². The van der Waals surface area contributed by atoms with Gasteiger partial charge < -0.3 is 5.11 Å². The zero-order chi connectivity index (χ0) is 13.8. The van der Waals surface area contributed by atoms with Gasteiger partial charge in [-0.25, -0.2) is 9.78 Å². The lowest BCUT2D eigenvalue weighted by Crippen LogP contribution is -2.05. The van der Waals surface area contributed by atoms with E-state index in [1.54, 1.807) is 0 Å². The van der Waals surface area contributed by atoms with Crippen molar-refractivity contribution in [2.75, 3.05) is 5.75 Å². The first kappa shape index (κ1) is 14.6. The van der Waals surface area contributed by atoms with E-state index in [0.717, 1.165) is 12.3 Å². The Morgan fingerprint density at radius 2 is 2.17 bits per heavy atom. The van der Waals surface area contributed by atoms with Gasteiger partial charge in [-0.1, -0.05) is 6.08 Å². The highest BCUT2D eigenvalue weighted by Gasteiger charge is 2.30. The standard InChI is InChI=1S/C11H10F3NO2S/c1-7(10(16)17)4-5-18-9-3-2-8(6-15-9)11(12,13)14/h2-4,6H,5H2,1H3,(H,16,17). The van der Waals surface area contributed by atoms with E-state index < -0.39 is 17.7 Å². The summed E-state index contributed by atoms with van der Waals surface area (Å²) >= 11 is 1.17. The number of pyridine rings is 1. The van der Waals surface area contributed by atoms with Gasteiger partial charge in [0.25, 0.3) is 0 Å². The Morgan fingerprint density at radius 1 is 1.50 bits per heavy atom. The second-order valence-corrected chi connectivity index (χ2v) is 4.43. The molecule has 0 aliphatic carbocycles. The Morgan fingerprint density at radius 3 is 2.61 bits per heavy atom. The van der Waals surface area contributed by atoms with Gasteiger partial charge in [0.05, 0.1) is 10.6 Å². The highest BCUT2D eigenvalue weighted by molar-refractivity contribution is 7.99. The van der Waals surface area contributed by atoms with Gasteiger partial charge >= 0.3 is 12.1 Å². The maximum atomic E-state index is 12.2. The lowest BCUT2D eigenvalue weighted by molar-refractivity contribution is -0.138. The van der Waals surface area contributed by atoms with Gasteiger partial charge in [-0.3, -0.25) is 0 Å². The Bertz CT molecular complexity index is 454. The average Bonchev–Trinajstić information content (AvgIpc) is 2.28. The van der Waals surface area contributed by atoms with Gasteiger partial charge in [-0.2, -0.15) is 13.2 Å². The first-order valence-corrected chi connectivity index (χ1v) is 5.85. The molecule has 0 aromatic carbocycles. The van der Waals surface area contributed by atoms with Gasteiger partial charge in [0.1, 0.15) is 0 Å². The van der Waals surface area contributed by atoms with Gasteiger partial charge in [0.15, 0.2) is 0 Å². The minimum Gasteiger partial charge on any atom is -0.478 e. The second-order valence-electron chi connectivity index (χ2n) is 3.39. The summed E-state index contributed by atoms with van der Waals surface area (Å²) in [5, 5.41) is 9.00. The molecular weight excluding hydrogens is 267 g/mol. The van der Waals surface area contributed by atoms with Crippen LogP contribution in [0.15, 0.2) is 35.0 Å². The number of halogens is 3. The summed E-state index contributed by atoms with van der Waals surface area (Å²) in [6.45, 7) is 1.45. The fourth-order valence-electron chi connectivity index (χ4n) is 0.973. The number of rotatable bonds is 4. The van der Waals surface area contributed by atoms with Crippen molar-refractivity contribution in [3.05, 3.63) is 35.5 Å². The number of aromatic nitrogens is 1. The topological polar surface area (TPSA) is 50.2 Å². The maximum Gasteiger partial charge on any atom is 0.417 e. The molecule has 1 N–H and O–H groups in total. The monoisotopic (exact) mass is 277 g/mol. The molecule has 0 aliphatic heterocycles. The van der Waals surface area contributed by atoms with Crippen LogP contribution in [0.2, 0.25) is 0 Å². The largest absolute Gasteiger partial charge is 0.478 e. The predicted octanol–water partition coefficient (Wildman–Crippen LogP) is 3.22. The zero-order valence-electron chi connectivity index (χ0n) is 9.36. The van der Waals surface area contributed by atoms with E-state index in [1.807, 2.05) is 0 Å². The lowest BCUT2D eigenvalue weighted by atomic mass is 10.3. The number of carboxylic acid groups (broad SMARTS) is 1. The molecular formula is C11H10F3NO2S. The molecule has 0 radical (unpaired) electrons. The van der Waals surface area contributed by atoms with Crippen LogP contribution in [-0.4, -0.2) is 21.8 Å². The van der Waals surface area contributed by atoms with Crippen molar-refractivity contribution >= 4 is 17.7 Å². The smallest absolute Gasteiger partial charge is 0.417 e. The molecule has 0 spiro atoms. The summed E-state index contributed by atoms with van der Waals surface area (Å²) in [6.07, 6.45) is -2.15. The van der Waals surface area contributed by atoms with Crippen molar-refractivity contribution in [1.29, 1.82) is 0 Å². The molecule has 0 saturated heterocycles. The Labute approximate surface area is 106 Å². The third-order valence-corrected chi connectivity index (χ3v) is 2.89. The third kappa shape index (κ3) is 4.40. The molecule has 1 heterocycles. The fourth-order valence-corrected chi connectivity index (χ4v) is 1.77. The molecule has 1 aromatic heterocycles. The van der Waals surface area contributed by atoms with Crippen molar-refractivity contribution in [1.82, 2.24) is 4.98 Å². The number of hydrogen-bond acceptors (Lipinski definition) is 3. The number of aliphatic carboxylic acids is 1. The summed E-state index contributed by atoms with van der Waals surface area (Å²) in [7, 11) is 0. The summed E-state index contributed by atoms with van der Waals surface area (Å²) in [5.74, 6) is -0.674. The molecule has 0 amide bonds. The number of hydrogen-bond donors (Lipinski definition) is 1. The van der Waals surface area contributed by atoms with Crippen LogP contribution < -0.4 is 0 Å². The van der Waals surface area contributed by atoms with Crippen LogP contribution >= 0.6 is 11.8 Å². The normalized spacial score (nSPS) is 12.6. The van der Waals surface area contributed by atoms with E-state index in [1.165, 1.54) is 30.8 Å². The van der Waals surface area contributed by atoms with Crippen molar-refractivity contribution in [3.63, 3.8) is 0 Å². The molecule has 0 aliphatic rings. The third-order valence-electron chi connectivity index (χ3n) is 2.02.